The summed E-state index contributed by atoms with van der Waals surface area (Å²) in [6.07, 6.45) is 1.08. The molecule has 0 bridgehead atoms. The fourth-order valence-electron chi connectivity index (χ4n) is 3.01. The fourth-order valence-corrected chi connectivity index (χ4v) is 4.19. The van der Waals surface area contributed by atoms with Crippen molar-refractivity contribution in [1.82, 2.24) is 5.32 Å². The Kier molecular flexibility index (Phi) is 8.11. The number of aryl methyl sites for hydroxylation is 2. The van der Waals surface area contributed by atoms with E-state index in [0.717, 1.165) is 27.4 Å². The van der Waals surface area contributed by atoms with Crippen LogP contribution in [-0.2, 0) is 14.8 Å². The molecule has 0 heterocycles. The minimum Gasteiger partial charge on any atom is -0.494 e. The molecule has 0 unspecified atom stereocenters. The van der Waals surface area contributed by atoms with E-state index in [1.807, 2.05) is 39.0 Å². The van der Waals surface area contributed by atoms with E-state index in [1.54, 1.807) is 31.2 Å². The standard InChI is InChI=1S/C22H30N2O5S/c1-6-28-20-11-9-19(10-12-20)24(30(5,26)27)18(4)22(25)23-13-14-29-21-15-16(2)7-8-17(21)3/h7-12,15,18H,6,13-14H2,1-5H3,(H,23,25)/t18-/m1/s1. The molecular weight excluding hydrogens is 404 g/mol. The number of carbonyl (C=O) groups excluding carboxylic acids is 1. The number of nitrogens with one attached hydrogen (secondary N) is 1. The fraction of sp³-hybridized carbons (Fsp3) is 0.409. The highest BCUT2D eigenvalue weighted by molar-refractivity contribution is 7.92. The van der Waals surface area contributed by atoms with Crippen molar-refractivity contribution in [3.8, 4) is 11.5 Å². The molecule has 0 aliphatic rings. The molecule has 2 rings (SSSR count). The summed E-state index contributed by atoms with van der Waals surface area (Å²) >= 11 is 0. The first-order valence-electron chi connectivity index (χ1n) is 9.83. The van der Waals surface area contributed by atoms with Crippen LogP contribution in [-0.4, -0.2) is 46.4 Å². The molecule has 2 aromatic carbocycles. The van der Waals surface area contributed by atoms with Gasteiger partial charge in [0.25, 0.3) is 0 Å². The van der Waals surface area contributed by atoms with Gasteiger partial charge >= 0.3 is 0 Å². The average Bonchev–Trinajstić information content (AvgIpc) is 2.68. The van der Waals surface area contributed by atoms with Gasteiger partial charge in [0.05, 0.1) is 25.1 Å². The predicted octanol–water partition coefficient (Wildman–Crippen LogP) is 3.05. The van der Waals surface area contributed by atoms with Crippen molar-refractivity contribution in [2.24, 2.45) is 0 Å². The Hall–Kier alpha value is -2.74. The number of rotatable bonds is 10. The smallest absolute Gasteiger partial charge is 0.243 e. The van der Waals surface area contributed by atoms with Crippen molar-refractivity contribution in [1.29, 1.82) is 0 Å². The van der Waals surface area contributed by atoms with Gasteiger partial charge in [0.15, 0.2) is 0 Å². The lowest BCUT2D eigenvalue weighted by molar-refractivity contribution is -0.121. The van der Waals surface area contributed by atoms with Crippen LogP contribution in [0.2, 0.25) is 0 Å². The van der Waals surface area contributed by atoms with Gasteiger partial charge < -0.3 is 14.8 Å². The zero-order valence-electron chi connectivity index (χ0n) is 18.1. The van der Waals surface area contributed by atoms with E-state index in [1.165, 1.54) is 0 Å². The summed E-state index contributed by atoms with van der Waals surface area (Å²) in [4.78, 5) is 12.6. The average molecular weight is 435 g/mol. The second-order valence-electron chi connectivity index (χ2n) is 7.07. The SMILES string of the molecule is CCOc1ccc(N([C@H](C)C(=O)NCCOc2cc(C)ccc2C)S(C)(=O)=O)cc1. The monoisotopic (exact) mass is 434 g/mol. The van der Waals surface area contributed by atoms with Crippen LogP contribution in [0.15, 0.2) is 42.5 Å². The highest BCUT2D eigenvalue weighted by Crippen LogP contribution is 2.24. The lowest BCUT2D eigenvalue weighted by Crippen LogP contribution is -2.48. The summed E-state index contributed by atoms with van der Waals surface area (Å²) in [5.74, 6) is 0.999. The van der Waals surface area contributed by atoms with Crippen LogP contribution in [0, 0.1) is 13.8 Å². The molecule has 0 fully saturated rings. The third-order valence-electron chi connectivity index (χ3n) is 4.49. The number of ether oxygens (including phenoxy) is 2. The molecule has 1 N–H and O–H groups in total. The highest BCUT2D eigenvalue weighted by atomic mass is 32.2. The van der Waals surface area contributed by atoms with Gasteiger partial charge in [-0.15, -0.1) is 0 Å². The van der Waals surface area contributed by atoms with Crippen LogP contribution in [0.3, 0.4) is 0 Å². The summed E-state index contributed by atoms with van der Waals surface area (Å²) in [5.41, 5.74) is 2.50. The largest absolute Gasteiger partial charge is 0.494 e. The van der Waals surface area contributed by atoms with Crippen molar-refractivity contribution < 1.29 is 22.7 Å². The van der Waals surface area contributed by atoms with E-state index in [4.69, 9.17) is 9.47 Å². The molecule has 0 aliphatic heterocycles. The van der Waals surface area contributed by atoms with Gasteiger partial charge in [0, 0.05) is 0 Å². The van der Waals surface area contributed by atoms with Crippen LogP contribution in [0.5, 0.6) is 11.5 Å². The Bertz CT molecular complexity index is 958. The first-order valence-corrected chi connectivity index (χ1v) is 11.7. The third-order valence-corrected chi connectivity index (χ3v) is 5.73. The van der Waals surface area contributed by atoms with Crippen molar-refractivity contribution in [3.05, 3.63) is 53.6 Å². The van der Waals surface area contributed by atoms with Crippen LogP contribution >= 0.6 is 0 Å². The molecule has 0 saturated heterocycles. The van der Waals surface area contributed by atoms with E-state index >= 15 is 0 Å². The summed E-state index contributed by atoms with van der Waals surface area (Å²) in [6, 6.07) is 11.6. The minimum atomic E-state index is -3.67. The number of nitrogens with zero attached hydrogens (tertiary/aromatic N) is 1. The lowest BCUT2D eigenvalue weighted by atomic mass is 10.1. The molecule has 0 aromatic heterocycles. The Morgan fingerprint density at radius 3 is 2.37 bits per heavy atom. The van der Waals surface area contributed by atoms with Crippen LogP contribution in [0.4, 0.5) is 5.69 Å². The molecule has 0 radical (unpaired) electrons. The zero-order chi connectivity index (χ0) is 22.3. The summed E-state index contributed by atoms with van der Waals surface area (Å²) in [7, 11) is -3.67. The summed E-state index contributed by atoms with van der Waals surface area (Å²) < 4.78 is 37.0. The molecular formula is C22H30N2O5S. The number of carbonyl (C=O) groups is 1. The first kappa shape index (κ1) is 23.5. The van der Waals surface area contributed by atoms with Gasteiger partial charge in [-0.25, -0.2) is 8.42 Å². The molecule has 0 aliphatic carbocycles. The maximum atomic E-state index is 12.6. The normalized spacial score (nSPS) is 12.2. The topological polar surface area (TPSA) is 84.9 Å². The molecule has 0 spiro atoms. The lowest BCUT2D eigenvalue weighted by Gasteiger charge is -2.28. The molecule has 30 heavy (non-hydrogen) atoms. The molecule has 7 nitrogen and oxygen atoms in total. The van der Waals surface area contributed by atoms with E-state index in [-0.39, 0.29) is 13.2 Å². The molecule has 0 saturated carbocycles. The highest BCUT2D eigenvalue weighted by Gasteiger charge is 2.29. The number of hydrogen-bond acceptors (Lipinski definition) is 5. The number of anilines is 1. The minimum absolute atomic E-state index is 0.261. The zero-order valence-corrected chi connectivity index (χ0v) is 19.0. The van der Waals surface area contributed by atoms with Crippen LogP contribution in [0.25, 0.3) is 0 Å². The Morgan fingerprint density at radius 2 is 1.77 bits per heavy atom. The van der Waals surface area contributed by atoms with Gasteiger partial charge in [0.2, 0.25) is 15.9 Å². The number of amides is 1. The number of benzene rings is 2. The van der Waals surface area contributed by atoms with Gasteiger partial charge in [0.1, 0.15) is 24.1 Å². The van der Waals surface area contributed by atoms with E-state index < -0.39 is 22.0 Å². The maximum Gasteiger partial charge on any atom is 0.243 e. The van der Waals surface area contributed by atoms with Gasteiger partial charge in [-0.1, -0.05) is 12.1 Å². The van der Waals surface area contributed by atoms with E-state index in [9.17, 15) is 13.2 Å². The van der Waals surface area contributed by atoms with Crippen molar-refractivity contribution in [2.75, 3.05) is 30.3 Å². The van der Waals surface area contributed by atoms with Crippen LogP contribution in [0.1, 0.15) is 25.0 Å². The van der Waals surface area contributed by atoms with Gasteiger partial charge in [-0.3, -0.25) is 9.10 Å². The van der Waals surface area contributed by atoms with Crippen LogP contribution < -0.4 is 19.1 Å². The van der Waals surface area contributed by atoms with E-state index in [0.29, 0.717) is 18.0 Å². The molecule has 8 heteroatoms. The summed E-state index contributed by atoms with van der Waals surface area (Å²) in [6.45, 7) is 8.42. The second kappa shape index (κ2) is 10.3. The molecule has 1 amide bonds. The maximum absolute atomic E-state index is 12.6. The summed E-state index contributed by atoms with van der Waals surface area (Å²) in [5, 5.41) is 2.75. The number of sulfonamides is 1. The Balaban J connectivity index is 2.00. The molecule has 1 atom stereocenters. The number of hydrogen-bond donors (Lipinski definition) is 1. The van der Waals surface area contributed by atoms with Gasteiger partial charge in [-0.2, -0.15) is 0 Å². The first-order chi connectivity index (χ1) is 14.1. The molecule has 2 aromatic rings. The molecule has 164 valence electrons. The second-order valence-corrected chi connectivity index (χ2v) is 8.93. The van der Waals surface area contributed by atoms with E-state index in [2.05, 4.69) is 5.32 Å². The van der Waals surface area contributed by atoms with Crippen molar-refractivity contribution in [2.45, 2.75) is 33.7 Å². The van der Waals surface area contributed by atoms with Crippen molar-refractivity contribution >= 4 is 21.6 Å². The Morgan fingerprint density at radius 1 is 1.10 bits per heavy atom. The Labute approximate surface area is 179 Å². The van der Waals surface area contributed by atoms with Crippen molar-refractivity contribution in [3.63, 3.8) is 0 Å². The predicted molar refractivity (Wildman–Crippen MR) is 119 cm³/mol. The van der Waals surface area contributed by atoms with Gasteiger partial charge in [-0.05, 0) is 69.2 Å². The quantitative estimate of drug-likeness (QED) is 0.581. The third kappa shape index (κ3) is 6.38.